The van der Waals surface area contributed by atoms with Crippen LogP contribution >= 0.6 is 0 Å². The second-order valence-electron chi connectivity index (χ2n) is 5.79. The molecule has 2 aromatic rings. The second-order valence-corrected chi connectivity index (χ2v) is 7.72. The van der Waals surface area contributed by atoms with E-state index in [2.05, 4.69) is 9.88 Å². The molecule has 0 radical (unpaired) electrons. The lowest BCUT2D eigenvalue weighted by atomic mass is 10.2. The fraction of sp³-hybridized carbons (Fsp3) is 0.312. The van der Waals surface area contributed by atoms with Gasteiger partial charge >= 0.3 is 0 Å². The summed E-state index contributed by atoms with van der Waals surface area (Å²) in [6.45, 7) is 2.81. The Labute approximate surface area is 145 Å². The Morgan fingerprint density at radius 2 is 1.60 bits per heavy atom. The third kappa shape index (κ3) is 4.01. The number of hydrogen-bond donors (Lipinski definition) is 0. The van der Waals surface area contributed by atoms with Gasteiger partial charge in [0, 0.05) is 57.3 Å². The van der Waals surface area contributed by atoms with Crippen molar-refractivity contribution in [2.24, 2.45) is 0 Å². The third-order valence-corrected chi connectivity index (χ3v) is 6.08. The van der Waals surface area contributed by atoms with E-state index in [0.717, 1.165) is 12.1 Å². The first-order valence-electron chi connectivity index (χ1n) is 7.83. The van der Waals surface area contributed by atoms with Crippen LogP contribution < -0.4 is 0 Å². The highest BCUT2D eigenvalue weighted by molar-refractivity contribution is 7.89. The molecule has 0 amide bonds. The number of rotatable bonds is 5. The number of piperazine rings is 1. The van der Waals surface area contributed by atoms with Crippen molar-refractivity contribution in [3.63, 3.8) is 0 Å². The van der Waals surface area contributed by atoms with Crippen molar-refractivity contribution in [2.45, 2.75) is 11.4 Å². The van der Waals surface area contributed by atoms with Gasteiger partial charge in [-0.05, 0) is 29.8 Å². The summed E-state index contributed by atoms with van der Waals surface area (Å²) in [7, 11) is -3.63. The minimum Gasteiger partial charge on any atom is -0.296 e. The zero-order valence-corrected chi connectivity index (χ0v) is 14.3. The molecule has 0 N–H and O–H groups in total. The number of sulfonamides is 1. The van der Waals surface area contributed by atoms with Gasteiger partial charge in [-0.2, -0.15) is 4.31 Å². The number of benzene rings is 1. The standard InChI is InChI=1S/C16H18N4O4S/c21-20(22)15-1-3-16(4-2-15)25(23,24)19-11-9-18(10-12-19)13-14-5-7-17-8-6-14/h1-8H,9-13H2. The number of hydrogen-bond acceptors (Lipinski definition) is 6. The van der Waals surface area contributed by atoms with Crippen molar-refractivity contribution in [3.8, 4) is 0 Å². The van der Waals surface area contributed by atoms with Crippen LogP contribution in [0.5, 0.6) is 0 Å². The smallest absolute Gasteiger partial charge is 0.269 e. The average Bonchev–Trinajstić information content (AvgIpc) is 2.63. The topological polar surface area (TPSA) is 96.6 Å². The third-order valence-electron chi connectivity index (χ3n) is 4.17. The number of nitrogens with zero attached hydrogens (tertiary/aromatic N) is 4. The van der Waals surface area contributed by atoms with E-state index in [1.54, 1.807) is 12.4 Å². The molecule has 1 fully saturated rings. The van der Waals surface area contributed by atoms with Gasteiger partial charge in [0.25, 0.3) is 5.69 Å². The van der Waals surface area contributed by atoms with Crippen LogP contribution in [0.25, 0.3) is 0 Å². The van der Waals surface area contributed by atoms with Crippen molar-refractivity contribution in [1.82, 2.24) is 14.2 Å². The Morgan fingerprint density at radius 3 is 2.16 bits per heavy atom. The Balaban J connectivity index is 1.64. The molecule has 0 atom stereocenters. The first-order valence-corrected chi connectivity index (χ1v) is 9.27. The molecular formula is C16H18N4O4S. The molecule has 3 rings (SSSR count). The summed E-state index contributed by atoms with van der Waals surface area (Å²) in [5.74, 6) is 0. The summed E-state index contributed by atoms with van der Waals surface area (Å²) in [6.07, 6.45) is 3.48. The number of pyridine rings is 1. The van der Waals surface area contributed by atoms with Crippen molar-refractivity contribution >= 4 is 15.7 Å². The summed E-state index contributed by atoms with van der Waals surface area (Å²) in [5, 5.41) is 10.7. The summed E-state index contributed by atoms with van der Waals surface area (Å²) in [6, 6.07) is 8.90. The Morgan fingerprint density at radius 1 is 1.00 bits per heavy atom. The van der Waals surface area contributed by atoms with E-state index in [4.69, 9.17) is 0 Å². The van der Waals surface area contributed by atoms with Crippen LogP contribution in [-0.2, 0) is 16.6 Å². The van der Waals surface area contributed by atoms with Crippen molar-refractivity contribution < 1.29 is 13.3 Å². The van der Waals surface area contributed by atoms with Crippen LogP contribution in [0.1, 0.15) is 5.56 Å². The quantitative estimate of drug-likeness (QED) is 0.591. The van der Waals surface area contributed by atoms with Crippen LogP contribution in [-0.4, -0.2) is 53.7 Å². The molecule has 0 spiro atoms. The van der Waals surface area contributed by atoms with Crippen LogP contribution in [0.2, 0.25) is 0 Å². The maximum atomic E-state index is 12.7. The molecule has 0 unspecified atom stereocenters. The number of nitro benzene ring substituents is 1. The second kappa shape index (κ2) is 7.26. The molecule has 1 aliphatic heterocycles. The fourth-order valence-corrected chi connectivity index (χ4v) is 4.19. The van der Waals surface area contributed by atoms with Gasteiger partial charge in [0.1, 0.15) is 0 Å². The highest BCUT2D eigenvalue weighted by Gasteiger charge is 2.28. The number of nitro groups is 1. The molecule has 25 heavy (non-hydrogen) atoms. The zero-order valence-electron chi connectivity index (χ0n) is 13.5. The Kier molecular flexibility index (Phi) is 5.07. The average molecular weight is 362 g/mol. The summed E-state index contributed by atoms with van der Waals surface area (Å²) >= 11 is 0. The maximum absolute atomic E-state index is 12.7. The highest BCUT2D eigenvalue weighted by atomic mass is 32.2. The lowest BCUT2D eigenvalue weighted by Gasteiger charge is -2.33. The largest absolute Gasteiger partial charge is 0.296 e. The van der Waals surface area contributed by atoms with E-state index in [-0.39, 0.29) is 10.6 Å². The molecule has 2 heterocycles. The van der Waals surface area contributed by atoms with E-state index in [1.165, 1.54) is 28.6 Å². The monoisotopic (exact) mass is 362 g/mol. The molecular weight excluding hydrogens is 344 g/mol. The summed E-state index contributed by atoms with van der Waals surface area (Å²) < 4.78 is 26.8. The normalized spacial score (nSPS) is 16.6. The molecule has 0 saturated carbocycles. The highest BCUT2D eigenvalue weighted by Crippen LogP contribution is 2.21. The van der Waals surface area contributed by atoms with Gasteiger partial charge < -0.3 is 0 Å². The first kappa shape index (κ1) is 17.5. The summed E-state index contributed by atoms with van der Waals surface area (Å²) in [4.78, 5) is 16.4. The molecule has 8 nitrogen and oxygen atoms in total. The summed E-state index contributed by atoms with van der Waals surface area (Å²) in [5.41, 5.74) is 1.02. The van der Waals surface area contributed by atoms with Gasteiger partial charge in [-0.15, -0.1) is 0 Å². The van der Waals surface area contributed by atoms with E-state index in [1.807, 2.05) is 12.1 Å². The Bertz CT molecular complexity index is 832. The fourth-order valence-electron chi connectivity index (χ4n) is 2.76. The van der Waals surface area contributed by atoms with Crippen LogP contribution in [0.4, 0.5) is 5.69 Å². The van der Waals surface area contributed by atoms with Gasteiger partial charge in [-0.3, -0.25) is 20.0 Å². The minimum atomic E-state index is -3.63. The molecule has 9 heteroatoms. The van der Waals surface area contributed by atoms with Gasteiger partial charge in [0.2, 0.25) is 10.0 Å². The lowest BCUT2D eigenvalue weighted by Crippen LogP contribution is -2.48. The molecule has 132 valence electrons. The predicted octanol–water partition coefficient (Wildman–Crippen LogP) is 1.50. The molecule has 0 bridgehead atoms. The van der Waals surface area contributed by atoms with Gasteiger partial charge in [-0.25, -0.2) is 8.42 Å². The van der Waals surface area contributed by atoms with Gasteiger partial charge in [-0.1, -0.05) is 0 Å². The van der Waals surface area contributed by atoms with Crippen molar-refractivity contribution in [1.29, 1.82) is 0 Å². The van der Waals surface area contributed by atoms with Crippen molar-refractivity contribution in [3.05, 3.63) is 64.5 Å². The number of non-ortho nitro benzene ring substituents is 1. The van der Waals surface area contributed by atoms with Crippen molar-refractivity contribution in [2.75, 3.05) is 26.2 Å². The van der Waals surface area contributed by atoms with E-state index in [9.17, 15) is 18.5 Å². The number of aromatic nitrogens is 1. The zero-order chi connectivity index (χ0) is 17.9. The van der Waals surface area contributed by atoms with E-state index in [0.29, 0.717) is 26.2 Å². The molecule has 1 aromatic carbocycles. The van der Waals surface area contributed by atoms with E-state index >= 15 is 0 Å². The SMILES string of the molecule is O=[N+]([O-])c1ccc(S(=O)(=O)N2CCN(Cc3ccncc3)CC2)cc1. The molecule has 1 aliphatic rings. The molecule has 1 aromatic heterocycles. The maximum Gasteiger partial charge on any atom is 0.269 e. The minimum absolute atomic E-state index is 0.0840. The molecule has 0 aliphatic carbocycles. The van der Waals surface area contributed by atoms with Gasteiger partial charge in [0.15, 0.2) is 0 Å². The van der Waals surface area contributed by atoms with Gasteiger partial charge in [0.05, 0.1) is 9.82 Å². The van der Waals surface area contributed by atoms with Crippen LogP contribution in [0.15, 0.2) is 53.7 Å². The molecule has 1 saturated heterocycles. The lowest BCUT2D eigenvalue weighted by molar-refractivity contribution is -0.384. The first-order chi connectivity index (χ1) is 12.0. The van der Waals surface area contributed by atoms with Crippen LogP contribution in [0.3, 0.4) is 0 Å². The predicted molar refractivity (Wildman–Crippen MR) is 91.4 cm³/mol. The van der Waals surface area contributed by atoms with E-state index < -0.39 is 14.9 Å². The van der Waals surface area contributed by atoms with Crippen LogP contribution in [0, 0.1) is 10.1 Å². The Hall–Kier alpha value is -2.36.